The summed E-state index contributed by atoms with van der Waals surface area (Å²) in [5.41, 5.74) is 4.00. The van der Waals surface area contributed by atoms with E-state index in [0.29, 0.717) is 0 Å². The van der Waals surface area contributed by atoms with Crippen molar-refractivity contribution in [3.8, 4) is 10.4 Å². The highest BCUT2D eigenvalue weighted by Gasteiger charge is 2.44. The summed E-state index contributed by atoms with van der Waals surface area (Å²) >= 11 is 1.57. The Bertz CT molecular complexity index is 1290. The number of aryl methyl sites for hydroxylation is 1. The minimum Gasteiger partial charge on any atom is -0.480 e. The number of carboxylic acids is 1. The van der Waals surface area contributed by atoms with Crippen molar-refractivity contribution in [2.24, 2.45) is 5.41 Å². The normalized spacial score (nSPS) is 18.0. The van der Waals surface area contributed by atoms with Crippen molar-refractivity contribution < 1.29 is 43.6 Å². The molecule has 0 bridgehead atoms. The number of nitrogens with zero attached hydrogens (tertiary/aromatic N) is 2. The lowest BCUT2D eigenvalue weighted by molar-refractivity contribution is -0.144. The number of amides is 3. The number of hydrogen-bond acceptors (Lipinski definition) is 10. The van der Waals surface area contributed by atoms with Gasteiger partial charge in [0.25, 0.3) is 0 Å². The number of likely N-dealkylation sites (tertiary alicyclic amines) is 1. The Hall–Kier alpha value is -3.43. The van der Waals surface area contributed by atoms with E-state index in [-0.39, 0.29) is 57.9 Å². The summed E-state index contributed by atoms with van der Waals surface area (Å²) in [5.74, 6) is -2.43. The number of carbonyl (C=O) groups excluding carboxylic acids is 3. The molecule has 0 radical (unpaired) electrons. The molecular weight excluding hydrogens is 604 g/mol. The second-order valence-electron chi connectivity index (χ2n) is 12.0. The first-order valence-electron chi connectivity index (χ1n) is 14.8. The SMILES string of the molecule is Cc1ncsc1-c1ccc(C(C)NC(=O)C2CC(O)CN2C(=O)C(NC(=O)COCCOCCOCC(=O)O)C(C)(C)C)cc1. The zero-order valence-electron chi connectivity index (χ0n) is 26.4. The predicted octanol–water partition coefficient (Wildman–Crippen LogP) is 1.92. The smallest absolute Gasteiger partial charge is 0.329 e. The monoisotopic (exact) mass is 648 g/mol. The number of hydrogen-bond donors (Lipinski definition) is 4. The summed E-state index contributed by atoms with van der Waals surface area (Å²) in [7, 11) is 0. The van der Waals surface area contributed by atoms with Gasteiger partial charge in [-0.15, -0.1) is 11.3 Å². The molecule has 14 heteroatoms. The van der Waals surface area contributed by atoms with Crippen molar-refractivity contribution in [1.82, 2.24) is 20.5 Å². The Morgan fingerprint density at radius 1 is 1.02 bits per heavy atom. The van der Waals surface area contributed by atoms with E-state index in [1.807, 2.05) is 38.1 Å². The van der Waals surface area contributed by atoms with Gasteiger partial charge in [0, 0.05) is 13.0 Å². The number of aliphatic hydroxyl groups is 1. The summed E-state index contributed by atoms with van der Waals surface area (Å²) in [4.78, 5) is 57.0. The maximum Gasteiger partial charge on any atom is 0.329 e. The molecule has 1 fully saturated rings. The third-order valence-corrected chi connectivity index (χ3v) is 8.24. The summed E-state index contributed by atoms with van der Waals surface area (Å²) in [6.45, 7) is 9.05. The minimum absolute atomic E-state index is 0.0271. The van der Waals surface area contributed by atoms with Gasteiger partial charge in [-0.3, -0.25) is 14.4 Å². The van der Waals surface area contributed by atoms with Crippen LogP contribution in [-0.4, -0.2) is 108 Å². The van der Waals surface area contributed by atoms with Gasteiger partial charge in [0.2, 0.25) is 17.7 Å². The molecule has 13 nitrogen and oxygen atoms in total. The summed E-state index contributed by atoms with van der Waals surface area (Å²) in [6.07, 6.45) is -0.792. The maximum atomic E-state index is 13.8. The average Bonchev–Trinajstić information content (AvgIpc) is 3.59. The number of β-amino-alcohol motifs (C(OH)–C–C–N with tert-alkyl or cyclic N) is 1. The Balaban J connectivity index is 1.54. The van der Waals surface area contributed by atoms with Crippen molar-refractivity contribution in [3.05, 3.63) is 41.0 Å². The zero-order chi connectivity index (χ0) is 33.1. The van der Waals surface area contributed by atoms with Gasteiger partial charge in [-0.2, -0.15) is 0 Å². The third-order valence-electron chi connectivity index (χ3n) is 7.26. The molecule has 1 aromatic heterocycles. The van der Waals surface area contributed by atoms with Crippen LogP contribution in [0.5, 0.6) is 0 Å². The van der Waals surface area contributed by atoms with Crippen LogP contribution >= 0.6 is 11.3 Å². The lowest BCUT2D eigenvalue weighted by atomic mass is 9.85. The Morgan fingerprint density at radius 3 is 2.22 bits per heavy atom. The number of aliphatic hydroxyl groups excluding tert-OH is 1. The predicted molar refractivity (Wildman–Crippen MR) is 166 cm³/mol. The van der Waals surface area contributed by atoms with Gasteiger partial charge >= 0.3 is 5.97 Å². The molecule has 2 heterocycles. The Morgan fingerprint density at radius 2 is 1.64 bits per heavy atom. The van der Waals surface area contributed by atoms with Gasteiger partial charge in [-0.25, -0.2) is 9.78 Å². The average molecular weight is 649 g/mol. The molecule has 0 aliphatic carbocycles. The first-order chi connectivity index (χ1) is 21.3. The molecule has 0 saturated carbocycles. The van der Waals surface area contributed by atoms with Gasteiger partial charge in [0.15, 0.2) is 0 Å². The van der Waals surface area contributed by atoms with Crippen LogP contribution in [0.15, 0.2) is 29.8 Å². The molecule has 2 aromatic rings. The van der Waals surface area contributed by atoms with Crippen LogP contribution in [0.3, 0.4) is 0 Å². The van der Waals surface area contributed by atoms with Crippen molar-refractivity contribution in [2.75, 3.05) is 46.2 Å². The number of rotatable bonds is 16. The van der Waals surface area contributed by atoms with Crippen LogP contribution < -0.4 is 10.6 Å². The van der Waals surface area contributed by atoms with E-state index in [4.69, 9.17) is 19.3 Å². The van der Waals surface area contributed by atoms with Gasteiger partial charge in [0.05, 0.1) is 54.7 Å². The first kappa shape index (κ1) is 36.0. The van der Waals surface area contributed by atoms with Crippen molar-refractivity contribution in [1.29, 1.82) is 0 Å². The van der Waals surface area contributed by atoms with E-state index < -0.39 is 48.0 Å². The molecule has 4 atom stereocenters. The van der Waals surface area contributed by atoms with Gasteiger partial charge in [-0.1, -0.05) is 45.0 Å². The number of thiazole rings is 1. The lowest BCUT2D eigenvalue weighted by Crippen LogP contribution is -2.58. The van der Waals surface area contributed by atoms with Crippen molar-refractivity contribution in [2.45, 2.75) is 65.3 Å². The fourth-order valence-electron chi connectivity index (χ4n) is 4.88. The molecule has 248 valence electrons. The van der Waals surface area contributed by atoms with Gasteiger partial charge in [-0.05, 0) is 30.4 Å². The Kier molecular flexibility index (Phi) is 13.4. The highest BCUT2D eigenvalue weighted by atomic mass is 32.1. The second kappa shape index (κ2) is 16.8. The molecular formula is C31H44N4O9S. The second-order valence-corrected chi connectivity index (χ2v) is 12.8. The maximum absolute atomic E-state index is 13.8. The highest BCUT2D eigenvalue weighted by Crippen LogP contribution is 2.29. The standard InChI is InChI=1S/C31H44N4O9S/c1-19(21-6-8-22(9-7-21)27-20(2)32-18-45-27)33-29(40)24-14-23(36)15-35(24)30(41)28(31(3,4)5)34-25(37)16-43-12-10-42-11-13-44-17-26(38)39/h6-9,18-19,23-24,28,36H,10-17H2,1-5H3,(H,33,40)(H,34,37)(H,38,39). The fourth-order valence-corrected chi connectivity index (χ4v) is 5.69. The molecule has 4 unspecified atom stereocenters. The van der Waals surface area contributed by atoms with E-state index in [0.717, 1.165) is 21.7 Å². The number of carboxylic acid groups (broad SMARTS) is 1. The Labute approximate surface area is 267 Å². The number of benzene rings is 1. The molecule has 1 saturated heterocycles. The number of ether oxygens (including phenoxy) is 3. The largest absolute Gasteiger partial charge is 0.480 e. The van der Waals surface area contributed by atoms with Crippen molar-refractivity contribution in [3.63, 3.8) is 0 Å². The van der Waals surface area contributed by atoms with Crippen LogP contribution in [0.2, 0.25) is 0 Å². The molecule has 1 aliphatic rings. The van der Waals surface area contributed by atoms with E-state index in [1.165, 1.54) is 4.90 Å². The number of aliphatic carboxylic acids is 1. The third kappa shape index (κ3) is 10.9. The molecule has 4 N–H and O–H groups in total. The van der Waals surface area contributed by atoms with Crippen LogP contribution in [0.25, 0.3) is 10.4 Å². The molecule has 1 aliphatic heterocycles. The summed E-state index contributed by atoms with van der Waals surface area (Å²) in [6, 6.07) is 5.65. The van der Waals surface area contributed by atoms with Gasteiger partial charge < -0.3 is 40.0 Å². The summed E-state index contributed by atoms with van der Waals surface area (Å²) in [5, 5.41) is 24.7. The van der Waals surface area contributed by atoms with E-state index >= 15 is 0 Å². The molecule has 3 rings (SSSR count). The summed E-state index contributed by atoms with van der Waals surface area (Å²) < 4.78 is 15.5. The van der Waals surface area contributed by atoms with Crippen LogP contribution in [0, 0.1) is 12.3 Å². The molecule has 3 amide bonds. The molecule has 0 spiro atoms. The minimum atomic E-state index is -1.06. The van der Waals surface area contributed by atoms with Gasteiger partial charge in [0.1, 0.15) is 25.3 Å². The zero-order valence-corrected chi connectivity index (χ0v) is 27.2. The topological polar surface area (TPSA) is 177 Å². The highest BCUT2D eigenvalue weighted by molar-refractivity contribution is 7.13. The fraction of sp³-hybridized carbons (Fsp3) is 0.581. The van der Waals surface area contributed by atoms with E-state index in [2.05, 4.69) is 15.6 Å². The van der Waals surface area contributed by atoms with E-state index in [1.54, 1.807) is 37.6 Å². The van der Waals surface area contributed by atoms with Crippen molar-refractivity contribution >= 4 is 35.0 Å². The van der Waals surface area contributed by atoms with Crippen LogP contribution in [0.1, 0.15) is 51.4 Å². The quantitative estimate of drug-likeness (QED) is 0.197. The number of nitrogens with one attached hydrogen (secondary N) is 2. The lowest BCUT2D eigenvalue weighted by Gasteiger charge is -2.35. The molecule has 45 heavy (non-hydrogen) atoms. The number of aromatic nitrogens is 1. The molecule has 1 aromatic carbocycles. The van der Waals surface area contributed by atoms with E-state index in [9.17, 15) is 24.3 Å². The van der Waals surface area contributed by atoms with Crippen LogP contribution in [0.4, 0.5) is 0 Å². The first-order valence-corrected chi connectivity index (χ1v) is 15.7. The van der Waals surface area contributed by atoms with Crippen LogP contribution in [-0.2, 0) is 33.4 Å². The number of carbonyl (C=O) groups is 4.